The van der Waals surface area contributed by atoms with E-state index in [4.69, 9.17) is 0 Å². The molecule has 10 heteroatoms. The molecule has 5 rings (SSSR count). The third-order valence-corrected chi connectivity index (χ3v) is 7.53. The fraction of sp³-hybridized carbons (Fsp3) is 0.367. The molecule has 0 unspecified atom stereocenters. The predicted molar refractivity (Wildman–Crippen MR) is 155 cm³/mol. The molecular weight excluding hydrogens is 506 g/mol. The van der Waals surface area contributed by atoms with E-state index in [0.717, 1.165) is 54.3 Å². The number of hydrogen-bond donors (Lipinski definition) is 2. The molecule has 3 aromatic rings. The summed E-state index contributed by atoms with van der Waals surface area (Å²) in [5.41, 5.74) is 4.44. The van der Waals surface area contributed by atoms with Crippen LogP contribution in [0.4, 0.5) is 23.0 Å². The van der Waals surface area contributed by atoms with Gasteiger partial charge >= 0.3 is 0 Å². The number of carbonyl (C=O) groups is 3. The third kappa shape index (κ3) is 6.56. The van der Waals surface area contributed by atoms with Gasteiger partial charge in [-0.05, 0) is 55.3 Å². The van der Waals surface area contributed by atoms with Crippen molar-refractivity contribution >= 4 is 40.7 Å². The van der Waals surface area contributed by atoms with Gasteiger partial charge in [-0.15, -0.1) is 0 Å². The molecule has 3 amide bonds. The minimum atomic E-state index is -0.108. The number of benzene rings is 2. The quantitative estimate of drug-likeness (QED) is 0.489. The zero-order valence-electron chi connectivity index (χ0n) is 23.0. The number of nitrogens with one attached hydrogen (secondary N) is 2. The smallest absolute Gasteiger partial charge is 0.227 e. The van der Waals surface area contributed by atoms with E-state index in [1.165, 1.54) is 6.92 Å². The fourth-order valence-electron chi connectivity index (χ4n) is 5.28. The maximum absolute atomic E-state index is 13.0. The van der Waals surface area contributed by atoms with Crippen molar-refractivity contribution in [3.63, 3.8) is 0 Å². The number of amides is 3. The number of piperazine rings is 1. The number of likely N-dealkylation sites (tertiary alicyclic amines) is 1. The van der Waals surface area contributed by atoms with E-state index < -0.39 is 0 Å². The van der Waals surface area contributed by atoms with Crippen molar-refractivity contribution in [1.82, 2.24) is 19.8 Å². The van der Waals surface area contributed by atoms with Gasteiger partial charge in [0.1, 0.15) is 0 Å². The van der Waals surface area contributed by atoms with Crippen LogP contribution in [0.2, 0.25) is 0 Å². The first kappa shape index (κ1) is 27.1. The lowest BCUT2D eigenvalue weighted by Gasteiger charge is -2.39. The average Bonchev–Trinajstić information content (AvgIpc) is 2.97. The summed E-state index contributed by atoms with van der Waals surface area (Å²) in [7, 11) is 0. The molecule has 1 aromatic heterocycles. The number of anilines is 4. The molecule has 2 aliphatic rings. The van der Waals surface area contributed by atoms with Crippen LogP contribution < -0.4 is 15.5 Å². The Morgan fingerprint density at radius 2 is 1.43 bits per heavy atom. The first-order chi connectivity index (χ1) is 19.4. The highest BCUT2D eigenvalue weighted by molar-refractivity contribution is 5.89. The summed E-state index contributed by atoms with van der Waals surface area (Å²) in [6.07, 6.45) is 3.23. The Morgan fingerprint density at radius 1 is 0.775 bits per heavy atom. The van der Waals surface area contributed by atoms with Crippen molar-refractivity contribution in [2.24, 2.45) is 5.92 Å². The second kappa shape index (κ2) is 12.1. The molecule has 2 aromatic carbocycles. The Bertz CT molecular complexity index is 1340. The van der Waals surface area contributed by atoms with Gasteiger partial charge in [-0.3, -0.25) is 14.4 Å². The Hall–Kier alpha value is -4.47. The van der Waals surface area contributed by atoms with Crippen molar-refractivity contribution in [3.8, 4) is 11.3 Å². The van der Waals surface area contributed by atoms with Crippen molar-refractivity contribution in [2.75, 3.05) is 54.8 Å². The van der Waals surface area contributed by atoms with E-state index in [2.05, 4.69) is 37.6 Å². The molecule has 0 atom stereocenters. The third-order valence-electron chi connectivity index (χ3n) is 7.53. The van der Waals surface area contributed by atoms with Crippen LogP contribution in [-0.4, -0.2) is 76.8 Å². The highest BCUT2D eigenvalue weighted by Crippen LogP contribution is 2.25. The van der Waals surface area contributed by atoms with Gasteiger partial charge in [-0.1, -0.05) is 12.1 Å². The van der Waals surface area contributed by atoms with Crippen LogP contribution >= 0.6 is 0 Å². The van der Waals surface area contributed by atoms with E-state index in [0.29, 0.717) is 32.1 Å². The molecule has 2 N–H and O–H groups in total. The largest absolute Gasteiger partial charge is 0.368 e. The lowest BCUT2D eigenvalue weighted by atomic mass is 9.95. The van der Waals surface area contributed by atoms with E-state index in [1.807, 2.05) is 52.3 Å². The van der Waals surface area contributed by atoms with Gasteiger partial charge in [0.05, 0.1) is 5.69 Å². The van der Waals surface area contributed by atoms with Gasteiger partial charge in [-0.2, -0.15) is 0 Å². The molecule has 3 heterocycles. The van der Waals surface area contributed by atoms with Crippen molar-refractivity contribution in [2.45, 2.75) is 26.7 Å². The molecular formula is C30H35N7O3. The van der Waals surface area contributed by atoms with Gasteiger partial charge in [0.15, 0.2) is 0 Å². The lowest BCUT2D eigenvalue weighted by molar-refractivity contribution is -0.140. The maximum Gasteiger partial charge on any atom is 0.227 e. The number of rotatable bonds is 6. The van der Waals surface area contributed by atoms with Crippen molar-refractivity contribution < 1.29 is 14.4 Å². The van der Waals surface area contributed by atoms with Crippen LogP contribution in [-0.2, 0) is 14.4 Å². The summed E-state index contributed by atoms with van der Waals surface area (Å²) >= 11 is 0. The molecule has 0 spiro atoms. The van der Waals surface area contributed by atoms with Gasteiger partial charge in [0, 0.05) is 87.9 Å². The second-order valence-corrected chi connectivity index (χ2v) is 10.3. The van der Waals surface area contributed by atoms with Crippen LogP contribution in [0.15, 0.2) is 60.8 Å². The van der Waals surface area contributed by atoms with Crippen LogP contribution in [0.3, 0.4) is 0 Å². The molecule has 0 aliphatic carbocycles. The van der Waals surface area contributed by atoms with E-state index in [1.54, 1.807) is 13.1 Å². The number of nitrogens with zero attached hydrogens (tertiary/aromatic N) is 5. The number of carbonyl (C=O) groups excluding carboxylic acids is 3. The highest BCUT2D eigenvalue weighted by Gasteiger charge is 2.31. The highest BCUT2D eigenvalue weighted by atomic mass is 16.2. The summed E-state index contributed by atoms with van der Waals surface area (Å²) in [5, 5.41) is 6.04. The maximum atomic E-state index is 13.0. The predicted octanol–water partition coefficient (Wildman–Crippen LogP) is 3.75. The number of piperidine rings is 1. The summed E-state index contributed by atoms with van der Waals surface area (Å²) in [5.74, 6) is 0.735. The van der Waals surface area contributed by atoms with Crippen molar-refractivity contribution in [3.05, 3.63) is 60.8 Å². The minimum absolute atomic E-state index is 0.0244. The van der Waals surface area contributed by atoms with Gasteiger partial charge in [0.2, 0.25) is 23.7 Å². The Balaban J connectivity index is 1.13. The zero-order chi connectivity index (χ0) is 28.1. The molecule has 2 fully saturated rings. The molecule has 2 saturated heterocycles. The van der Waals surface area contributed by atoms with Crippen molar-refractivity contribution in [1.29, 1.82) is 0 Å². The van der Waals surface area contributed by atoms with Crippen LogP contribution in [0, 0.1) is 5.92 Å². The summed E-state index contributed by atoms with van der Waals surface area (Å²) in [6.45, 7) is 7.41. The topological polar surface area (TPSA) is 111 Å². The molecule has 10 nitrogen and oxygen atoms in total. The molecule has 40 heavy (non-hydrogen) atoms. The molecule has 208 valence electrons. The summed E-state index contributed by atoms with van der Waals surface area (Å²) in [4.78, 5) is 51.0. The summed E-state index contributed by atoms with van der Waals surface area (Å²) < 4.78 is 0. The van der Waals surface area contributed by atoms with Gasteiger partial charge in [0.25, 0.3) is 0 Å². The normalized spacial score (nSPS) is 16.0. The SMILES string of the molecule is CC(=O)Nc1ccc(-c2ccnc(Nc3ccc(N4CCN(C(=O)C5CCN(C(C)=O)CC5)CC4)cc3)n2)cc1. The number of hydrogen-bond acceptors (Lipinski definition) is 7. The standard InChI is InChI=1S/C30H35N7O3/c1-21(38)32-25-5-3-23(4-6-25)28-11-14-31-30(34-28)33-26-7-9-27(10-8-26)36-17-19-37(20-18-36)29(40)24-12-15-35(16-13-24)22(2)39/h3-11,14,24H,12-13,15-20H2,1-2H3,(H,32,38)(H,31,33,34). The van der Waals surface area contributed by atoms with Crippen LogP contribution in [0.1, 0.15) is 26.7 Å². The lowest BCUT2D eigenvalue weighted by Crippen LogP contribution is -2.52. The first-order valence-electron chi connectivity index (χ1n) is 13.7. The van der Waals surface area contributed by atoms with Crippen LogP contribution in [0.5, 0.6) is 0 Å². The number of aromatic nitrogens is 2. The summed E-state index contributed by atoms with van der Waals surface area (Å²) in [6, 6.07) is 17.5. The Morgan fingerprint density at radius 3 is 2.05 bits per heavy atom. The molecule has 0 radical (unpaired) electrons. The van der Waals surface area contributed by atoms with E-state index >= 15 is 0 Å². The Kier molecular flexibility index (Phi) is 8.23. The van der Waals surface area contributed by atoms with Crippen LogP contribution in [0.25, 0.3) is 11.3 Å². The zero-order valence-corrected chi connectivity index (χ0v) is 23.0. The van der Waals surface area contributed by atoms with E-state index in [9.17, 15) is 14.4 Å². The fourth-order valence-corrected chi connectivity index (χ4v) is 5.28. The average molecular weight is 542 g/mol. The van der Waals surface area contributed by atoms with E-state index in [-0.39, 0.29) is 23.6 Å². The minimum Gasteiger partial charge on any atom is -0.368 e. The molecule has 0 saturated carbocycles. The second-order valence-electron chi connectivity index (χ2n) is 10.3. The first-order valence-corrected chi connectivity index (χ1v) is 13.7. The molecule has 2 aliphatic heterocycles. The van der Waals surface area contributed by atoms with Gasteiger partial charge < -0.3 is 25.3 Å². The van der Waals surface area contributed by atoms with Gasteiger partial charge in [-0.25, -0.2) is 9.97 Å². The monoisotopic (exact) mass is 541 g/mol. The Labute approximate surface area is 234 Å². The molecule has 0 bridgehead atoms.